The van der Waals surface area contributed by atoms with Gasteiger partial charge in [-0.1, -0.05) is 0 Å². The standard InChI is InChI=1S/C34H45F5N4O15.C2HF3O2/c1-11(57-42-15(44)9-13(40)22-25(48-7)27-31(51-22)55-33(3,4)53-27)29(46)41-14(23-26(49-8)28-32(52-23)56-34(5,6)54-28)10-16(45)43-58-12(2)30(47)50-24-20(38)18(36)17(35)19(37)21(24)39;3-2(4,5)1(6)7/h11-14,22-23,25-28,31-32H,9-10,40H2,1-8H3,(H,41,46)(H,42,44)(H,43,45);(H,6,7)/t11-,12-,13+,14+,22-,23-,25+,26+,27-,28-,31-,32-;/m1./s1. The second kappa shape index (κ2) is 21.0. The molecule has 368 valence electrons. The van der Waals surface area contributed by atoms with Crippen molar-refractivity contribution in [2.75, 3.05) is 14.2 Å². The lowest BCUT2D eigenvalue weighted by atomic mass is 10.00. The van der Waals surface area contributed by atoms with Crippen molar-refractivity contribution in [2.24, 2.45) is 5.73 Å². The van der Waals surface area contributed by atoms with E-state index in [4.69, 9.17) is 63.2 Å². The summed E-state index contributed by atoms with van der Waals surface area (Å²) < 4.78 is 151. The lowest BCUT2D eigenvalue weighted by molar-refractivity contribution is -0.220. The van der Waals surface area contributed by atoms with E-state index >= 15 is 0 Å². The Morgan fingerprint density at radius 3 is 1.58 bits per heavy atom. The van der Waals surface area contributed by atoms with Gasteiger partial charge in [-0.25, -0.2) is 33.7 Å². The molecule has 12 atom stereocenters. The number of hydrogen-bond acceptors (Lipinski definition) is 17. The highest BCUT2D eigenvalue weighted by atomic mass is 19.4. The molecular formula is C36H46F8N4O17. The number of nitrogens with two attached hydrogens (primary N) is 1. The first kappa shape index (κ1) is 53.2. The highest BCUT2D eigenvalue weighted by Gasteiger charge is 2.58. The number of esters is 1. The topological polar surface area (TPSA) is 269 Å². The number of hydrogen-bond donors (Lipinski definition) is 5. The largest absolute Gasteiger partial charge is 0.490 e. The third-order valence-electron chi connectivity index (χ3n) is 9.59. The summed E-state index contributed by atoms with van der Waals surface area (Å²) >= 11 is 0. The lowest BCUT2D eigenvalue weighted by Crippen LogP contribution is -2.54. The number of carbonyl (C=O) groups excluding carboxylic acids is 4. The number of fused-ring (bicyclic) bond motifs is 2. The number of alkyl halides is 3. The number of nitrogens with one attached hydrogen (secondary N) is 3. The fourth-order valence-corrected chi connectivity index (χ4v) is 6.64. The number of methoxy groups -OCH3 is 2. The minimum atomic E-state index is -5.08. The first-order valence-corrected chi connectivity index (χ1v) is 19.1. The SMILES string of the molecule is CO[C@@H]1[C@H]2OC(C)(C)O[C@H]2O[C@@H]1[C@H](CC(=O)NO[C@H](C)C(=O)Oc1c(F)c(F)c(F)c(F)c1F)NC(=O)[C@@H](C)ONC(=O)C[C@H](N)[C@H]1O[C@@H]2OC(C)(C)O[C@@H]2[C@H]1OC.O=C(O)C(F)(F)F. The zero-order chi connectivity index (χ0) is 49.1. The Morgan fingerprint density at radius 2 is 1.12 bits per heavy atom. The van der Waals surface area contributed by atoms with E-state index in [2.05, 4.69) is 15.5 Å². The summed E-state index contributed by atoms with van der Waals surface area (Å²) in [4.78, 5) is 70.8. The van der Waals surface area contributed by atoms with Crippen molar-refractivity contribution in [1.82, 2.24) is 16.3 Å². The van der Waals surface area contributed by atoms with Crippen LogP contribution < -0.4 is 26.7 Å². The average molecular weight is 959 g/mol. The second-order valence-electron chi connectivity index (χ2n) is 15.4. The van der Waals surface area contributed by atoms with E-state index in [0.29, 0.717) is 0 Å². The second-order valence-corrected chi connectivity index (χ2v) is 15.4. The molecule has 5 rings (SSSR count). The van der Waals surface area contributed by atoms with Crippen LogP contribution in [0.25, 0.3) is 0 Å². The molecule has 0 bridgehead atoms. The van der Waals surface area contributed by atoms with Gasteiger partial charge in [0.1, 0.15) is 36.6 Å². The van der Waals surface area contributed by atoms with E-state index in [1.54, 1.807) is 27.7 Å². The fourth-order valence-electron chi connectivity index (χ4n) is 6.64. The monoisotopic (exact) mass is 958 g/mol. The predicted molar refractivity (Wildman–Crippen MR) is 191 cm³/mol. The molecule has 4 saturated heterocycles. The number of carbonyl (C=O) groups is 5. The summed E-state index contributed by atoms with van der Waals surface area (Å²) in [5.41, 5.74) is 10.3. The number of halogens is 8. The Morgan fingerprint density at radius 1 is 0.708 bits per heavy atom. The van der Waals surface area contributed by atoms with Gasteiger partial charge < -0.3 is 58.8 Å². The van der Waals surface area contributed by atoms with Crippen LogP contribution in [0.15, 0.2) is 0 Å². The van der Waals surface area contributed by atoms with Gasteiger partial charge in [0.15, 0.2) is 36.4 Å². The van der Waals surface area contributed by atoms with Crippen LogP contribution in [-0.2, 0) is 71.5 Å². The highest BCUT2D eigenvalue weighted by Crippen LogP contribution is 2.41. The van der Waals surface area contributed by atoms with Crippen LogP contribution in [-0.4, -0.2) is 140 Å². The maximum absolute atomic E-state index is 14.0. The van der Waals surface area contributed by atoms with Crippen molar-refractivity contribution in [2.45, 2.75) is 146 Å². The molecule has 3 amide bonds. The van der Waals surface area contributed by atoms with Gasteiger partial charge in [0.05, 0.1) is 12.5 Å². The van der Waals surface area contributed by atoms with Crippen LogP contribution in [0.1, 0.15) is 54.4 Å². The molecular weight excluding hydrogens is 912 g/mol. The zero-order valence-corrected chi connectivity index (χ0v) is 35.4. The van der Waals surface area contributed by atoms with Crippen molar-refractivity contribution in [3.05, 3.63) is 29.1 Å². The van der Waals surface area contributed by atoms with Crippen LogP contribution in [0, 0.1) is 29.1 Å². The van der Waals surface area contributed by atoms with E-state index < -0.39 is 162 Å². The van der Waals surface area contributed by atoms with Gasteiger partial charge in [-0.3, -0.25) is 24.1 Å². The number of rotatable bonds is 16. The summed E-state index contributed by atoms with van der Waals surface area (Å²) in [5.74, 6) is -22.9. The highest BCUT2D eigenvalue weighted by molar-refractivity contribution is 5.83. The van der Waals surface area contributed by atoms with Crippen molar-refractivity contribution < 1.29 is 117 Å². The molecule has 4 fully saturated rings. The van der Waals surface area contributed by atoms with Crippen molar-refractivity contribution in [3.8, 4) is 5.75 Å². The van der Waals surface area contributed by atoms with Gasteiger partial charge in [-0.2, -0.15) is 22.0 Å². The Labute approximate surface area is 362 Å². The van der Waals surface area contributed by atoms with Gasteiger partial charge >= 0.3 is 18.1 Å². The number of ether oxygens (including phenoxy) is 9. The number of aliphatic carboxylic acids is 1. The lowest BCUT2D eigenvalue weighted by Gasteiger charge is -2.31. The summed E-state index contributed by atoms with van der Waals surface area (Å²) in [6, 6.07) is -2.20. The van der Waals surface area contributed by atoms with Crippen molar-refractivity contribution in [3.63, 3.8) is 0 Å². The van der Waals surface area contributed by atoms with E-state index in [1.807, 2.05) is 5.48 Å². The number of hydroxylamine groups is 2. The predicted octanol–water partition coefficient (Wildman–Crippen LogP) is 1.17. The van der Waals surface area contributed by atoms with E-state index in [9.17, 15) is 54.3 Å². The quantitative estimate of drug-likeness (QED) is 0.0389. The third kappa shape index (κ3) is 12.9. The first-order chi connectivity index (χ1) is 30.0. The Bertz CT molecular complexity index is 1900. The number of amides is 3. The normalized spacial score (nSPS) is 28.1. The first-order valence-electron chi connectivity index (χ1n) is 19.1. The molecule has 0 spiro atoms. The van der Waals surface area contributed by atoms with Gasteiger partial charge in [-0.05, 0) is 41.5 Å². The van der Waals surface area contributed by atoms with Crippen molar-refractivity contribution >= 4 is 29.7 Å². The van der Waals surface area contributed by atoms with Crippen LogP contribution in [0.4, 0.5) is 35.1 Å². The molecule has 65 heavy (non-hydrogen) atoms. The minimum Gasteiger partial charge on any atom is -0.475 e. The van der Waals surface area contributed by atoms with Gasteiger partial charge in [0.2, 0.25) is 46.6 Å². The number of benzene rings is 1. The average Bonchev–Trinajstić information content (AvgIpc) is 3.91. The molecule has 0 aromatic heterocycles. The van der Waals surface area contributed by atoms with Crippen LogP contribution in [0.3, 0.4) is 0 Å². The molecule has 29 heteroatoms. The smallest absolute Gasteiger partial charge is 0.475 e. The molecule has 6 N–H and O–H groups in total. The molecule has 4 aliphatic rings. The number of carboxylic acids is 1. The molecule has 0 radical (unpaired) electrons. The molecule has 0 aliphatic carbocycles. The molecule has 0 unspecified atom stereocenters. The Balaban J connectivity index is 0.00000122. The summed E-state index contributed by atoms with van der Waals surface area (Å²) in [5, 5.41) is 9.70. The van der Waals surface area contributed by atoms with Crippen LogP contribution in [0.5, 0.6) is 5.75 Å². The molecule has 1 aromatic rings. The summed E-state index contributed by atoms with van der Waals surface area (Å²) in [6.07, 6.45) is -16.0. The van der Waals surface area contributed by atoms with Crippen LogP contribution >= 0.6 is 0 Å². The molecule has 1 aromatic carbocycles. The van der Waals surface area contributed by atoms with Crippen LogP contribution in [0.2, 0.25) is 0 Å². The molecule has 0 saturated carbocycles. The fraction of sp³-hybridized carbons (Fsp3) is 0.694. The summed E-state index contributed by atoms with van der Waals surface area (Å²) in [6.45, 7) is 8.89. The maximum atomic E-state index is 14.0. The maximum Gasteiger partial charge on any atom is 0.490 e. The Hall–Kier alpha value is -4.43. The molecule has 4 heterocycles. The van der Waals surface area contributed by atoms with Crippen molar-refractivity contribution in [1.29, 1.82) is 0 Å². The third-order valence-corrected chi connectivity index (χ3v) is 9.59. The van der Waals surface area contributed by atoms with E-state index in [-0.39, 0.29) is 6.42 Å². The Kier molecular flexibility index (Phi) is 17.2. The van der Waals surface area contributed by atoms with E-state index in [1.165, 1.54) is 21.1 Å². The van der Waals surface area contributed by atoms with Gasteiger partial charge in [0, 0.05) is 26.7 Å². The zero-order valence-electron chi connectivity index (χ0n) is 35.4. The minimum absolute atomic E-state index is 0.331. The van der Waals surface area contributed by atoms with Gasteiger partial charge in [0.25, 0.3) is 5.91 Å². The van der Waals surface area contributed by atoms with E-state index in [0.717, 1.165) is 6.92 Å². The van der Waals surface area contributed by atoms with Gasteiger partial charge in [-0.15, -0.1) is 0 Å². The molecule has 4 aliphatic heterocycles. The molecule has 21 nitrogen and oxygen atoms in total. The number of carboxylic acid groups (broad SMARTS) is 1. The summed E-state index contributed by atoms with van der Waals surface area (Å²) in [7, 11) is 2.76.